The topological polar surface area (TPSA) is 217 Å². The summed E-state index contributed by atoms with van der Waals surface area (Å²) in [4.78, 5) is 43.5. The maximum Gasteiger partial charge on any atom is 0.328 e. The second-order valence-corrected chi connectivity index (χ2v) is 9.38. The fraction of sp³-hybridized carbons (Fsp3) is 0.280. The highest BCUT2D eigenvalue weighted by molar-refractivity contribution is 6.40. The second kappa shape index (κ2) is 13.6. The van der Waals surface area contributed by atoms with Crippen molar-refractivity contribution in [2.45, 2.75) is 19.0 Å². The predicted octanol–water partition coefficient (Wildman–Crippen LogP) is 0.963. The van der Waals surface area contributed by atoms with Gasteiger partial charge in [0, 0.05) is 42.7 Å². The average Bonchev–Trinajstić information content (AvgIpc) is 2.92. The smallest absolute Gasteiger partial charge is 0.328 e. The molecule has 1 heterocycles. The molecule has 40 heavy (non-hydrogen) atoms. The number of carboxylic acid groups (broad SMARTS) is 1. The highest BCUT2D eigenvalue weighted by Gasteiger charge is 2.29. The molecule has 1 aliphatic rings. The second-order valence-electron chi connectivity index (χ2n) is 8.59. The molecule has 1 unspecified atom stereocenters. The molecule has 2 amide bonds. The number of nitrogen functional groups attached to an aromatic ring is 1. The Hall–Kier alpha value is -4.38. The predicted molar refractivity (Wildman–Crippen MR) is 149 cm³/mol. The van der Waals surface area contributed by atoms with Crippen LogP contribution >= 0.6 is 23.2 Å². The van der Waals surface area contributed by atoms with E-state index in [-0.39, 0.29) is 47.2 Å². The third kappa shape index (κ3) is 6.97. The average molecular weight is 589 g/mol. The third-order valence-electron chi connectivity index (χ3n) is 6.02. The van der Waals surface area contributed by atoms with Crippen molar-refractivity contribution in [2.75, 3.05) is 32.0 Å². The normalized spacial score (nSPS) is 13.4. The van der Waals surface area contributed by atoms with Crippen molar-refractivity contribution in [2.24, 2.45) is 4.99 Å². The van der Waals surface area contributed by atoms with E-state index in [1.807, 2.05) is 0 Å². The Morgan fingerprint density at radius 2 is 2.05 bits per heavy atom. The van der Waals surface area contributed by atoms with Crippen LogP contribution in [-0.4, -0.2) is 77.4 Å². The fourth-order valence-corrected chi connectivity index (χ4v) is 4.78. The summed E-state index contributed by atoms with van der Waals surface area (Å²) in [6, 6.07) is 4.73. The molecular weight excluding hydrogens is 563 g/mol. The molecule has 13 nitrogen and oxygen atoms in total. The number of guanidine groups is 1. The molecule has 2 aromatic carbocycles. The summed E-state index contributed by atoms with van der Waals surface area (Å²) >= 11 is 13.0. The lowest BCUT2D eigenvalue weighted by Gasteiger charge is -2.30. The summed E-state index contributed by atoms with van der Waals surface area (Å²) in [6.07, 6.45) is 3.05. The number of amides is 2. The van der Waals surface area contributed by atoms with E-state index < -0.39 is 24.5 Å². The first-order valence-corrected chi connectivity index (χ1v) is 12.6. The van der Waals surface area contributed by atoms with Gasteiger partial charge in [-0.25, -0.2) is 9.79 Å². The fourth-order valence-electron chi connectivity index (χ4n) is 4.02. The minimum absolute atomic E-state index is 0.0285. The van der Waals surface area contributed by atoms with Gasteiger partial charge in [-0.3, -0.25) is 14.9 Å². The van der Waals surface area contributed by atoms with Crippen LogP contribution < -0.4 is 21.7 Å². The number of carbonyl (C=O) groups is 3. The van der Waals surface area contributed by atoms with Crippen LogP contribution in [0.15, 0.2) is 29.3 Å². The molecule has 15 heteroatoms. The van der Waals surface area contributed by atoms with Crippen LogP contribution in [-0.2, 0) is 17.8 Å². The van der Waals surface area contributed by atoms with Crippen LogP contribution in [0.3, 0.4) is 0 Å². The Morgan fingerprint density at radius 1 is 1.30 bits per heavy atom. The van der Waals surface area contributed by atoms with Crippen LogP contribution in [0.4, 0.5) is 5.69 Å². The number of halogens is 2. The zero-order chi connectivity index (χ0) is 29.4. The van der Waals surface area contributed by atoms with Gasteiger partial charge in [0.1, 0.15) is 6.04 Å². The lowest BCUT2D eigenvalue weighted by molar-refractivity contribution is -0.138. The maximum absolute atomic E-state index is 13.1. The van der Waals surface area contributed by atoms with Gasteiger partial charge in [-0.2, -0.15) is 5.26 Å². The van der Waals surface area contributed by atoms with E-state index in [0.29, 0.717) is 40.9 Å². The number of fused-ring (bicyclic) bond motifs is 1. The molecule has 1 atom stereocenters. The molecule has 0 bridgehead atoms. The van der Waals surface area contributed by atoms with E-state index in [4.69, 9.17) is 44.7 Å². The quantitative estimate of drug-likeness (QED) is 0.0728. The molecule has 1 aliphatic heterocycles. The highest BCUT2D eigenvalue weighted by Crippen LogP contribution is 2.35. The van der Waals surface area contributed by atoms with Crippen molar-refractivity contribution in [1.29, 1.82) is 10.7 Å². The summed E-state index contributed by atoms with van der Waals surface area (Å²) in [5, 5.41) is 41.9. The molecule has 0 radical (unpaired) electrons. The number of aliphatic hydroxyl groups is 1. The zero-order valence-corrected chi connectivity index (χ0v) is 22.5. The van der Waals surface area contributed by atoms with E-state index >= 15 is 0 Å². The van der Waals surface area contributed by atoms with Gasteiger partial charge < -0.3 is 36.9 Å². The molecule has 0 saturated carbocycles. The number of aliphatic carboxylic acids is 1. The summed E-state index contributed by atoms with van der Waals surface area (Å²) < 4.78 is 0. The molecule has 3 rings (SSSR count). The number of aliphatic hydroxyl groups excluding tert-OH is 1. The molecule has 210 valence electrons. The minimum Gasteiger partial charge on any atom is -0.480 e. The van der Waals surface area contributed by atoms with Gasteiger partial charge >= 0.3 is 5.97 Å². The van der Waals surface area contributed by atoms with E-state index in [2.05, 4.69) is 20.9 Å². The molecule has 2 aromatic rings. The van der Waals surface area contributed by atoms with E-state index in [0.717, 1.165) is 6.21 Å². The number of nitrogens with two attached hydrogens (primary N) is 1. The Kier molecular flexibility index (Phi) is 10.3. The van der Waals surface area contributed by atoms with Gasteiger partial charge in [0.2, 0.25) is 5.96 Å². The Labute approximate surface area is 239 Å². The van der Waals surface area contributed by atoms with Gasteiger partial charge in [0.25, 0.3) is 11.8 Å². The van der Waals surface area contributed by atoms with E-state index in [1.54, 1.807) is 23.2 Å². The van der Waals surface area contributed by atoms with Crippen molar-refractivity contribution < 1.29 is 24.6 Å². The maximum atomic E-state index is 13.1. The van der Waals surface area contributed by atoms with Gasteiger partial charge in [-0.05, 0) is 35.7 Å². The molecule has 0 aliphatic carbocycles. The molecule has 0 aromatic heterocycles. The molecule has 0 spiro atoms. The van der Waals surface area contributed by atoms with Gasteiger partial charge in [-0.1, -0.05) is 29.3 Å². The number of anilines is 1. The number of hydrogen-bond acceptors (Lipinski definition) is 8. The molecule has 8 N–H and O–H groups in total. The highest BCUT2D eigenvalue weighted by atomic mass is 35.5. The number of hydrogen-bond donors (Lipinski definition) is 7. The third-order valence-corrected chi connectivity index (χ3v) is 6.74. The largest absolute Gasteiger partial charge is 0.480 e. The molecular formula is C25H26Cl2N8O5. The van der Waals surface area contributed by atoms with Crippen LogP contribution in [0.5, 0.6) is 0 Å². The van der Waals surface area contributed by atoms with Crippen molar-refractivity contribution in [3.63, 3.8) is 0 Å². The van der Waals surface area contributed by atoms with Crippen molar-refractivity contribution >= 4 is 58.8 Å². The Bertz CT molecular complexity index is 1410. The van der Waals surface area contributed by atoms with Crippen LogP contribution in [0.2, 0.25) is 10.0 Å². The number of nitrogens with zero attached hydrogens (tertiary/aromatic N) is 3. The number of carbonyl (C=O) groups excluding carboxylic acids is 2. The lowest BCUT2D eigenvalue weighted by atomic mass is 9.95. The van der Waals surface area contributed by atoms with Crippen molar-refractivity contribution in [3.8, 4) is 6.19 Å². The summed E-state index contributed by atoms with van der Waals surface area (Å²) in [7, 11) is 0. The minimum atomic E-state index is -1.48. The zero-order valence-electron chi connectivity index (χ0n) is 21.0. The molecule has 0 saturated heterocycles. The number of nitriles is 1. The van der Waals surface area contributed by atoms with Crippen LogP contribution in [0.1, 0.15) is 37.4 Å². The number of benzene rings is 2. The lowest BCUT2D eigenvalue weighted by Crippen LogP contribution is -2.45. The first kappa shape index (κ1) is 30.2. The van der Waals surface area contributed by atoms with Gasteiger partial charge in [0.15, 0.2) is 6.19 Å². The van der Waals surface area contributed by atoms with E-state index in [9.17, 15) is 19.5 Å². The first-order chi connectivity index (χ1) is 19.1. The summed E-state index contributed by atoms with van der Waals surface area (Å²) in [6.45, 7) is -0.163. The summed E-state index contributed by atoms with van der Waals surface area (Å²) in [5.74, 6) is -2.57. The van der Waals surface area contributed by atoms with Crippen molar-refractivity contribution in [3.05, 3.63) is 62.1 Å². The number of aliphatic imine (C=N–C) groups is 1. The van der Waals surface area contributed by atoms with Crippen LogP contribution in [0.25, 0.3) is 0 Å². The standard InChI is InChI=1S/C25H26Cl2N8O5/c26-17-7-15-11-35(23(38)13-1-2-14(9-28)18(30)8-13)5-3-16(15)21(27)20(17)22(37)34-19(24(39)40)10-32-25(33-12-29)31-4-6-36/h1-2,7-9,19,28,36H,3-6,10-11,30H2,(H,34,37)(H,39,40)(H2,31,32,33). The Morgan fingerprint density at radius 3 is 2.67 bits per heavy atom. The van der Waals surface area contributed by atoms with Crippen molar-refractivity contribution in [1.82, 2.24) is 20.9 Å². The number of rotatable bonds is 9. The first-order valence-electron chi connectivity index (χ1n) is 11.9. The summed E-state index contributed by atoms with van der Waals surface area (Å²) in [5.41, 5.74) is 8.22. The molecule has 0 fully saturated rings. The number of carboxylic acids is 1. The van der Waals surface area contributed by atoms with Gasteiger partial charge in [0.05, 0.1) is 28.8 Å². The SMILES string of the molecule is N#CNC(=NCC(NC(=O)c1c(Cl)cc2c(c1Cl)CCN(C(=O)c1ccc(C=N)c(N)c1)C2)C(=O)O)NCCO. The van der Waals surface area contributed by atoms with Gasteiger partial charge in [-0.15, -0.1) is 0 Å². The monoisotopic (exact) mass is 588 g/mol. The number of nitrogens with one attached hydrogen (secondary N) is 4. The Balaban J connectivity index is 1.79. The van der Waals surface area contributed by atoms with E-state index in [1.165, 1.54) is 12.1 Å². The van der Waals surface area contributed by atoms with Crippen LogP contribution in [0, 0.1) is 16.9 Å².